The molecular weight excluding hydrogens is 555 g/mol. The van der Waals surface area contributed by atoms with Crippen molar-refractivity contribution < 1.29 is 23.8 Å². The number of aromatic nitrogens is 5. The molecule has 0 saturated heterocycles. The molecule has 0 aliphatic carbocycles. The van der Waals surface area contributed by atoms with E-state index >= 15 is 0 Å². The Balaban J connectivity index is 1.33. The summed E-state index contributed by atoms with van der Waals surface area (Å²) in [4.78, 5) is 36.7. The minimum atomic E-state index is -0.897. The minimum Gasteiger partial charge on any atom is -0.497 e. The number of aliphatic hydroxyl groups is 1. The van der Waals surface area contributed by atoms with E-state index in [2.05, 4.69) is 30.9 Å². The van der Waals surface area contributed by atoms with Crippen molar-refractivity contribution in [2.75, 3.05) is 19.0 Å². The van der Waals surface area contributed by atoms with Gasteiger partial charge in [0.05, 0.1) is 42.9 Å². The molecule has 1 aliphatic heterocycles. The second-order valence-electron chi connectivity index (χ2n) is 9.41. The van der Waals surface area contributed by atoms with Gasteiger partial charge in [0.15, 0.2) is 5.82 Å². The Hall–Kier alpha value is -4.62. The van der Waals surface area contributed by atoms with Crippen molar-refractivity contribution in [1.82, 2.24) is 35.2 Å². The van der Waals surface area contributed by atoms with Gasteiger partial charge in [-0.1, -0.05) is 28.9 Å². The molecule has 14 heteroatoms. The second-order valence-corrected chi connectivity index (χ2v) is 9.81. The third kappa shape index (κ3) is 5.67. The number of benzene rings is 2. The lowest BCUT2D eigenvalue weighted by Crippen LogP contribution is -2.46. The summed E-state index contributed by atoms with van der Waals surface area (Å²) in [7, 11) is 3.11. The van der Waals surface area contributed by atoms with Gasteiger partial charge in [0.1, 0.15) is 17.6 Å². The summed E-state index contributed by atoms with van der Waals surface area (Å²) >= 11 is 6.41. The van der Waals surface area contributed by atoms with Gasteiger partial charge >= 0.3 is 0 Å². The smallest absolute Gasteiger partial charge is 0.255 e. The van der Waals surface area contributed by atoms with E-state index in [4.69, 9.17) is 16.3 Å². The predicted molar refractivity (Wildman–Crippen MR) is 147 cm³/mol. The van der Waals surface area contributed by atoms with Gasteiger partial charge in [0.2, 0.25) is 11.9 Å². The third-order valence-corrected chi connectivity index (χ3v) is 7.07. The van der Waals surface area contributed by atoms with Crippen LogP contribution in [0.25, 0.3) is 11.3 Å². The Morgan fingerprint density at radius 3 is 2.76 bits per heavy atom. The number of hydrogen-bond acceptors (Lipinski definition) is 9. The Kier molecular flexibility index (Phi) is 7.81. The van der Waals surface area contributed by atoms with E-state index in [0.29, 0.717) is 28.2 Å². The SMILES string of the molecule is COc1cc(F)cc([C@@H](CO)NC(=O)[C@@H](C)N2Cc3ccc(-c4nc(Nc5cnnn5C)ncc4Cl)cc3C2=O)c1. The first-order chi connectivity index (χ1) is 19.7. The van der Waals surface area contributed by atoms with Crippen LogP contribution in [-0.2, 0) is 18.4 Å². The number of nitrogens with one attached hydrogen (secondary N) is 2. The molecule has 2 amide bonds. The maximum absolute atomic E-state index is 14.0. The molecule has 3 heterocycles. The lowest BCUT2D eigenvalue weighted by Gasteiger charge is -2.26. The molecule has 2 atom stereocenters. The molecule has 41 heavy (non-hydrogen) atoms. The van der Waals surface area contributed by atoms with E-state index in [-0.39, 0.29) is 29.2 Å². The lowest BCUT2D eigenvalue weighted by atomic mass is 10.0. The molecule has 0 saturated carbocycles. The van der Waals surface area contributed by atoms with Crippen LogP contribution in [0.1, 0.15) is 34.5 Å². The summed E-state index contributed by atoms with van der Waals surface area (Å²) in [6.45, 7) is 1.32. The zero-order chi connectivity index (χ0) is 29.3. The minimum absolute atomic E-state index is 0.207. The zero-order valence-corrected chi connectivity index (χ0v) is 23.1. The highest BCUT2D eigenvalue weighted by Crippen LogP contribution is 2.33. The molecule has 5 rings (SSSR count). The van der Waals surface area contributed by atoms with Crippen LogP contribution in [0, 0.1) is 5.82 Å². The van der Waals surface area contributed by atoms with Crippen LogP contribution >= 0.6 is 11.6 Å². The van der Waals surface area contributed by atoms with Gasteiger partial charge in [-0.2, -0.15) is 0 Å². The molecule has 2 aromatic carbocycles. The topological polar surface area (TPSA) is 147 Å². The molecule has 2 aromatic heterocycles. The van der Waals surface area contributed by atoms with E-state index in [1.54, 1.807) is 32.2 Å². The first kappa shape index (κ1) is 27.9. The number of ether oxygens (including phenoxy) is 1. The fourth-order valence-corrected chi connectivity index (χ4v) is 4.70. The van der Waals surface area contributed by atoms with Crippen LogP contribution in [0.3, 0.4) is 0 Å². The number of hydrogen-bond donors (Lipinski definition) is 3. The number of rotatable bonds is 9. The predicted octanol–water partition coefficient (Wildman–Crippen LogP) is 3.01. The average molecular weight is 581 g/mol. The highest BCUT2D eigenvalue weighted by atomic mass is 35.5. The first-order valence-corrected chi connectivity index (χ1v) is 12.9. The van der Waals surface area contributed by atoms with Gasteiger partial charge in [0.25, 0.3) is 5.91 Å². The Morgan fingerprint density at radius 2 is 2.05 bits per heavy atom. The summed E-state index contributed by atoms with van der Waals surface area (Å²) in [6, 6.07) is 7.42. The monoisotopic (exact) mass is 580 g/mol. The standard InChI is InChI=1S/C27H26ClFN8O4/c1-14(25(39)32-22(13-38)17-6-18(29)9-19(7-17)41-3)37-12-16-5-4-15(8-20(16)26(37)40)24-21(28)10-30-27(34-24)33-23-11-31-35-36(23)2/h4-11,14,22,38H,12-13H2,1-3H3,(H,32,39)(H,30,33,34)/t14-,22-/m1/s1. The van der Waals surface area contributed by atoms with Crippen molar-refractivity contribution in [3.05, 3.63) is 76.3 Å². The molecule has 1 aliphatic rings. The van der Waals surface area contributed by atoms with Crippen LogP contribution in [-0.4, -0.2) is 66.5 Å². The van der Waals surface area contributed by atoms with Crippen LogP contribution in [0.5, 0.6) is 5.75 Å². The largest absolute Gasteiger partial charge is 0.497 e. The molecule has 0 radical (unpaired) electrons. The highest BCUT2D eigenvalue weighted by Gasteiger charge is 2.35. The number of carbonyl (C=O) groups excluding carboxylic acids is 2. The first-order valence-electron chi connectivity index (χ1n) is 12.5. The third-order valence-electron chi connectivity index (χ3n) is 6.79. The van der Waals surface area contributed by atoms with Crippen molar-refractivity contribution in [2.24, 2.45) is 7.05 Å². The maximum atomic E-state index is 14.0. The summed E-state index contributed by atoms with van der Waals surface area (Å²) in [5.41, 5.74) is 2.48. The number of carbonyl (C=O) groups is 2. The van der Waals surface area contributed by atoms with Crippen LogP contribution in [0.15, 0.2) is 48.8 Å². The fourth-order valence-electron chi connectivity index (χ4n) is 4.50. The number of halogens is 2. The van der Waals surface area contributed by atoms with Crippen molar-refractivity contribution >= 4 is 35.2 Å². The van der Waals surface area contributed by atoms with Gasteiger partial charge in [-0.15, -0.1) is 5.10 Å². The van der Waals surface area contributed by atoms with Crippen LogP contribution < -0.4 is 15.4 Å². The molecule has 0 bridgehead atoms. The second kappa shape index (κ2) is 11.5. The molecule has 0 fully saturated rings. The molecule has 0 unspecified atom stereocenters. The van der Waals surface area contributed by atoms with E-state index < -0.39 is 30.4 Å². The molecule has 12 nitrogen and oxygen atoms in total. The molecule has 212 valence electrons. The molecule has 4 aromatic rings. The fraction of sp³-hybridized carbons (Fsp3) is 0.259. The number of anilines is 2. The van der Waals surface area contributed by atoms with E-state index in [1.165, 1.54) is 47.3 Å². The van der Waals surface area contributed by atoms with Gasteiger partial charge in [-0.3, -0.25) is 9.59 Å². The number of amides is 2. The van der Waals surface area contributed by atoms with Gasteiger partial charge < -0.3 is 25.4 Å². The lowest BCUT2D eigenvalue weighted by molar-refractivity contribution is -0.126. The van der Waals surface area contributed by atoms with E-state index in [9.17, 15) is 19.1 Å². The Labute approximate surface area is 239 Å². The number of nitrogens with zero attached hydrogens (tertiary/aromatic N) is 6. The van der Waals surface area contributed by atoms with Gasteiger partial charge in [0, 0.05) is 30.8 Å². The van der Waals surface area contributed by atoms with E-state index in [1.807, 2.05) is 0 Å². The van der Waals surface area contributed by atoms with Crippen LogP contribution in [0.4, 0.5) is 16.2 Å². The summed E-state index contributed by atoms with van der Waals surface area (Å²) in [5.74, 6) is -0.327. The maximum Gasteiger partial charge on any atom is 0.255 e. The van der Waals surface area contributed by atoms with Crippen molar-refractivity contribution in [3.63, 3.8) is 0 Å². The van der Waals surface area contributed by atoms with Crippen molar-refractivity contribution in [2.45, 2.75) is 25.6 Å². The quantitative estimate of drug-likeness (QED) is 0.272. The average Bonchev–Trinajstić information content (AvgIpc) is 3.53. The van der Waals surface area contributed by atoms with Crippen LogP contribution in [0.2, 0.25) is 5.02 Å². The number of aliphatic hydroxyl groups excluding tert-OH is 1. The van der Waals surface area contributed by atoms with Gasteiger partial charge in [-0.25, -0.2) is 19.0 Å². The number of fused-ring (bicyclic) bond motifs is 1. The normalized spacial score (nSPS) is 14.0. The summed E-state index contributed by atoms with van der Waals surface area (Å²) in [5, 5.41) is 23.6. The van der Waals surface area contributed by atoms with Gasteiger partial charge in [-0.05, 0) is 36.2 Å². The van der Waals surface area contributed by atoms with Crippen molar-refractivity contribution in [1.29, 1.82) is 0 Å². The highest BCUT2D eigenvalue weighted by molar-refractivity contribution is 6.33. The number of methoxy groups -OCH3 is 1. The number of aryl methyl sites for hydroxylation is 1. The Morgan fingerprint density at radius 1 is 1.24 bits per heavy atom. The summed E-state index contributed by atoms with van der Waals surface area (Å²) in [6.07, 6.45) is 2.98. The Bertz CT molecular complexity index is 1630. The van der Waals surface area contributed by atoms with E-state index in [0.717, 1.165) is 5.56 Å². The zero-order valence-electron chi connectivity index (χ0n) is 22.3. The molecular formula is C27H26ClFN8O4. The molecule has 0 spiro atoms. The summed E-state index contributed by atoms with van der Waals surface area (Å²) < 4.78 is 20.6. The van der Waals surface area contributed by atoms with Crippen molar-refractivity contribution in [3.8, 4) is 17.0 Å². The molecule has 3 N–H and O–H groups in total.